The highest BCUT2D eigenvalue weighted by Gasteiger charge is 2.15. The molecule has 0 fully saturated rings. The van der Waals surface area contributed by atoms with E-state index in [1.165, 1.54) is 0 Å². The summed E-state index contributed by atoms with van der Waals surface area (Å²) >= 11 is 6.11. The molecule has 0 bridgehead atoms. The molecule has 0 radical (unpaired) electrons. The molecule has 4 rings (SSSR count). The summed E-state index contributed by atoms with van der Waals surface area (Å²) in [5.41, 5.74) is 5.00. The molecule has 2 aromatic heterocycles. The number of rotatable bonds is 1. The molecule has 0 atom stereocenters. The van der Waals surface area contributed by atoms with Crippen LogP contribution in [0.3, 0.4) is 0 Å². The van der Waals surface area contributed by atoms with Crippen LogP contribution in [0.2, 0.25) is 5.28 Å². The third-order valence-electron chi connectivity index (χ3n) is 3.71. The highest BCUT2D eigenvalue weighted by molar-refractivity contribution is 6.29. The van der Waals surface area contributed by atoms with Gasteiger partial charge in [0.1, 0.15) is 0 Å². The van der Waals surface area contributed by atoms with E-state index in [9.17, 15) is 0 Å². The van der Waals surface area contributed by atoms with E-state index in [0.717, 1.165) is 38.8 Å². The summed E-state index contributed by atoms with van der Waals surface area (Å²) in [6.45, 7) is 2.06. The molecule has 21 heavy (non-hydrogen) atoms. The molecule has 0 aliphatic carbocycles. The molecule has 0 aliphatic rings. The van der Waals surface area contributed by atoms with Gasteiger partial charge in [0.05, 0.1) is 11.2 Å². The fourth-order valence-electron chi connectivity index (χ4n) is 2.82. The van der Waals surface area contributed by atoms with E-state index in [1.54, 1.807) is 0 Å². The lowest BCUT2D eigenvalue weighted by Gasteiger charge is -2.06. The molecule has 0 saturated carbocycles. The Kier molecular flexibility index (Phi) is 2.69. The van der Waals surface area contributed by atoms with Gasteiger partial charge in [-0.05, 0) is 30.7 Å². The van der Waals surface area contributed by atoms with Crippen LogP contribution in [0.25, 0.3) is 33.1 Å². The smallest absolute Gasteiger partial charge is 0.223 e. The minimum absolute atomic E-state index is 0.272. The molecular weight excluding hydrogens is 282 g/mol. The van der Waals surface area contributed by atoms with Crippen LogP contribution >= 0.6 is 11.6 Å². The zero-order valence-corrected chi connectivity index (χ0v) is 12.1. The van der Waals surface area contributed by atoms with Gasteiger partial charge in [0, 0.05) is 27.5 Å². The summed E-state index contributed by atoms with van der Waals surface area (Å²) in [5.74, 6) is 0. The van der Waals surface area contributed by atoms with E-state index in [0.29, 0.717) is 0 Å². The second kappa shape index (κ2) is 4.57. The maximum atomic E-state index is 6.11. The largest absolute Gasteiger partial charge is 0.358 e. The van der Waals surface area contributed by atoms with Crippen LogP contribution in [0.1, 0.15) is 5.69 Å². The molecule has 0 amide bonds. The van der Waals surface area contributed by atoms with Gasteiger partial charge in [-0.25, -0.2) is 9.97 Å². The Hall–Kier alpha value is -2.39. The van der Waals surface area contributed by atoms with Crippen molar-refractivity contribution >= 4 is 33.4 Å². The normalized spacial score (nSPS) is 11.3. The Bertz CT molecular complexity index is 972. The van der Waals surface area contributed by atoms with E-state index < -0.39 is 0 Å². The summed E-state index contributed by atoms with van der Waals surface area (Å²) < 4.78 is 0. The monoisotopic (exact) mass is 293 g/mol. The fourth-order valence-corrected chi connectivity index (χ4v) is 3.00. The topological polar surface area (TPSA) is 41.6 Å². The molecule has 102 valence electrons. The van der Waals surface area contributed by atoms with Crippen LogP contribution in [-0.4, -0.2) is 15.0 Å². The molecule has 0 aliphatic heterocycles. The average molecular weight is 294 g/mol. The van der Waals surface area contributed by atoms with Crippen LogP contribution in [0.4, 0.5) is 0 Å². The lowest BCUT2D eigenvalue weighted by atomic mass is 10.0. The number of H-pyrrole nitrogens is 1. The first kappa shape index (κ1) is 12.4. The molecule has 4 heteroatoms. The Balaban J connectivity index is 2.16. The SMILES string of the molecule is Cc1[nH]c2ccccc2c1-c1nc(Cl)nc2ccccc12. The van der Waals surface area contributed by atoms with Crippen molar-refractivity contribution in [2.75, 3.05) is 0 Å². The second-order valence-corrected chi connectivity index (χ2v) is 5.37. The number of aromatic nitrogens is 3. The van der Waals surface area contributed by atoms with E-state index in [2.05, 4.69) is 34.0 Å². The Morgan fingerprint density at radius 2 is 1.62 bits per heavy atom. The maximum absolute atomic E-state index is 6.11. The van der Waals surface area contributed by atoms with Crippen LogP contribution in [-0.2, 0) is 0 Å². The third kappa shape index (κ3) is 1.89. The molecule has 3 nitrogen and oxygen atoms in total. The van der Waals surface area contributed by atoms with Crippen LogP contribution < -0.4 is 0 Å². The second-order valence-electron chi connectivity index (χ2n) is 5.03. The van der Waals surface area contributed by atoms with Crippen LogP contribution in [0.5, 0.6) is 0 Å². The van der Waals surface area contributed by atoms with Gasteiger partial charge >= 0.3 is 0 Å². The zero-order valence-electron chi connectivity index (χ0n) is 11.4. The summed E-state index contributed by atoms with van der Waals surface area (Å²) in [5, 5.41) is 2.43. The number of nitrogens with one attached hydrogen (secondary N) is 1. The van der Waals surface area contributed by atoms with Crippen molar-refractivity contribution in [1.29, 1.82) is 0 Å². The van der Waals surface area contributed by atoms with Crippen molar-refractivity contribution < 1.29 is 0 Å². The van der Waals surface area contributed by atoms with E-state index in [1.807, 2.05) is 36.4 Å². The maximum Gasteiger partial charge on any atom is 0.223 e. The average Bonchev–Trinajstić information content (AvgIpc) is 2.82. The van der Waals surface area contributed by atoms with E-state index in [4.69, 9.17) is 11.6 Å². The number of hydrogen-bond donors (Lipinski definition) is 1. The third-order valence-corrected chi connectivity index (χ3v) is 3.88. The summed E-state index contributed by atoms with van der Waals surface area (Å²) in [7, 11) is 0. The number of nitrogens with zero attached hydrogens (tertiary/aromatic N) is 2. The first-order chi connectivity index (χ1) is 10.2. The van der Waals surface area contributed by atoms with Crippen molar-refractivity contribution in [3.8, 4) is 11.3 Å². The standard InChI is InChI=1S/C17H12ClN3/c1-10-15(11-6-2-4-8-13(11)19-10)16-12-7-3-5-9-14(12)20-17(18)21-16/h2-9,19H,1H3. The van der Waals surface area contributed by atoms with Crippen molar-refractivity contribution in [2.45, 2.75) is 6.92 Å². The number of hydrogen-bond acceptors (Lipinski definition) is 2. The number of benzene rings is 2. The fraction of sp³-hybridized carbons (Fsp3) is 0.0588. The van der Waals surface area contributed by atoms with E-state index >= 15 is 0 Å². The zero-order chi connectivity index (χ0) is 14.4. The predicted octanol–water partition coefficient (Wildman–Crippen LogP) is 4.74. The Morgan fingerprint density at radius 1 is 0.905 bits per heavy atom. The van der Waals surface area contributed by atoms with Crippen molar-refractivity contribution in [1.82, 2.24) is 15.0 Å². The lowest BCUT2D eigenvalue weighted by molar-refractivity contribution is 1.21. The highest BCUT2D eigenvalue weighted by Crippen LogP contribution is 2.35. The van der Waals surface area contributed by atoms with Gasteiger partial charge in [0.2, 0.25) is 5.28 Å². The van der Waals surface area contributed by atoms with Crippen molar-refractivity contribution in [3.63, 3.8) is 0 Å². The van der Waals surface area contributed by atoms with Gasteiger partial charge in [-0.1, -0.05) is 36.4 Å². The molecule has 4 aromatic rings. The number of halogens is 1. The molecule has 0 spiro atoms. The highest BCUT2D eigenvalue weighted by atomic mass is 35.5. The molecule has 2 heterocycles. The van der Waals surface area contributed by atoms with Gasteiger partial charge in [-0.2, -0.15) is 0 Å². The van der Waals surface area contributed by atoms with E-state index in [-0.39, 0.29) is 5.28 Å². The van der Waals surface area contributed by atoms with Crippen LogP contribution in [0.15, 0.2) is 48.5 Å². The first-order valence-electron chi connectivity index (χ1n) is 6.74. The number of aryl methyl sites for hydroxylation is 1. The molecule has 1 N–H and O–H groups in total. The summed E-state index contributed by atoms with van der Waals surface area (Å²) in [6.07, 6.45) is 0. The van der Waals surface area contributed by atoms with Crippen molar-refractivity contribution in [2.24, 2.45) is 0 Å². The van der Waals surface area contributed by atoms with Gasteiger partial charge in [0.25, 0.3) is 0 Å². The van der Waals surface area contributed by atoms with Crippen molar-refractivity contribution in [3.05, 3.63) is 59.5 Å². The van der Waals surface area contributed by atoms with Gasteiger partial charge in [-0.3, -0.25) is 0 Å². The van der Waals surface area contributed by atoms with Gasteiger partial charge < -0.3 is 4.98 Å². The molecular formula is C17H12ClN3. The summed E-state index contributed by atoms with van der Waals surface area (Å²) in [4.78, 5) is 12.2. The predicted molar refractivity (Wildman–Crippen MR) is 86.6 cm³/mol. The number of fused-ring (bicyclic) bond motifs is 2. The minimum atomic E-state index is 0.272. The summed E-state index contributed by atoms with van der Waals surface area (Å²) in [6, 6.07) is 16.1. The molecule has 0 unspecified atom stereocenters. The molecule has 2 aromatic carbocycles. The number of para-hydroxylation sites is 2. The van der Waals surface area contributed by atoms with Gasteiger partial charge in [0.15, 0.2) is 0 Å². The van der Waals surface area contributed by atoms with Crippen LogP contribution in [0, 0.1) is 6.92 Å². The first-order valence-corrected chi connectivity index (χ1v) is 7.12. The Labute approximate surface area is 126 Å². The molecule has 0 saturated heterocycles. The Morgan fingerprint density at radius 3 is 2.48 bits per heavy atom. The minimum Gasteiger partial charge on any atom is -0.358 e. The lowest BCUT2D eigenvalue weighted by Crippen LogP contribution is -1.92. The van der Waals surface area contributed by atoms with Gasteiger partial charge in [-0.15, -0.1) is 0 Å². The number of aromatic amines is 1. The quantitative estimate of drug-likeness (QED) is 0.515.